The fraction of sp³-hybridized carbons (Fsp3) is 0.333. The lowest BCUT2D eigenvalue weighted by Crippen LogP contribution is -2.34. The van der Waals surface area contributed by atoms with E-state index in [0.717, 1.165) is 29.7 Å². The Morgan fingerprint density at radius 2 is 1.81 bits per heavy atom. The fourth-order valence-electron chi connectivity index (χ4n) is 2.90. The van der Waals surface area contributed by atoms with Gasteiger partial charge in [-0.3, -0.25) is 9.59 Å². The summed E-state index contributed by atoms with van der Waals surface area (Å²) in [6.07, 6.45) is 1.69. The molecule has 5 heteroatoms. The third kappa shape index (κ3) is 4.07. The SMILES string of the molecule is CC(C)C(=O)Nc1ccc(CNC(=O)C2(c3cccc(Cl)c3)CC2)cc1. The van der Waals surface area contributed by atoms with Crippen molar-refractivity contribution in [2.45, 2.75) is 38.6 Å². The zero-order valence-electron chi connectivity index (χ0n) is 15.0. The Morgan fingerprint density at radius 3 is 2.38 bits per heavy atom. The van der Waals surface area contributed by atoms with E-state index in [2.05, 4.69) is 10.6 Å². The van der Waals surface area contributed by atoms with Gasteiger partial charge in [0.1, 0.15) is 0 Å². The molecular formula is C21H23ClN2O2. The summed E-state index contributed by atoms with van der Waals surface area (Å²) in [5.74, 6) is -0.0320. The van der Waals surface area contributed by atoms with E-state index < -0.39 is 5.41 Å². The number of rotatable bonds is 6. The van der Waals surface area contributed by atoms with Crippen molar-refractivity contribution in [2.24, 2.45) is 5.92 Å². The summed E-state index contributed by atoms with van der Waals surface area (Å²) < 4.78 is 0. The monoisotopic (exact) mass is 370 g/mol. The van der Waals surface area contributed by atoms with Gasteiger partial charge in [-0.05, 0) is 48.2 Å². The Kier molecular flexibility index (Phi) is 5.33. The van der Waals surface area contributed by atoms with Gasteiger partial charge in [0.05, 0.1) is 5.41 Å². The highest BCUT2D eigenvalue weighted by molar-refractivity contribution is 6.30. The molecule has 3 rings (SSSR count). The molecule has 2 aromatic carbocycles. The minimum atomic E-state index is -0.434. The molecule has 0 atom stereocenters. The van der Waals surface area contributed by atoms with Crippen LogP contribution in [0.5, 0.6) is 0 Å². The van der Waals surface area contributed by atoms with Crippen LogP contribution in [0.2, 0.25) is 5.02 Å². The van der Waals surface area contributed by atoms with Crippen LogP contribution in [0.4, 0.5) is 5.69 Å². The molecule has 2 N–H and O–H groups in total. The van der Waals surface area contributed by atoms with E-state index in [1.165, 1.54) is 0 Å². The van der Waals surface area contributed by atoms with Crippen LogP contribution in [0.3, 0.4) is 0 Å². The molecule has 1 fully saturated rings. The molecule has 4 nitrogen and oxygen atoms in total. The highest BCUT2D eigenvalue weighted by atomic mass is 35.5. The van der Waals surface area contributed by atoms with Crippen molar-refractivity contribution in [1.82, 2.24) is 5.32 Å². The summed E-state index contributed by atoms with van der Waals surface area (Å²) in [5, 5.41) is 6.54. The van der Waals surface area contributed by atoms with Crippen LogP contribution in [0, 0.1) is 5.92 Å². The second-order valence-corrected chi connectivity index (χ2v) is 7.55. The number of hydrogen-bond donors (Lipinski definition) is 2. The molecular weight excluding hydrogens is 348 g/mol. The summed E-state index contributed by atoms with van der Waals surface area (Å²) >= 11 is 6.06. The van der Waals surface area contributed by atoms with Crippen LogP contribution < -0.4 is 10.6 Å². The van der Waals surface area contributed by atoms with Crippen molar-refractivity contribution >= 4 is 29.1 Å². The second kappa shape index (κ2) is 7.50. The van der Waals surface area contributed by atoms with Crippen LogP contribution in [0.25, 0.3) is 0 Å². The first kappa shape index (κ1) is 18.5. The molecule has 0 heterocycles. The van der Waals surface area contributed by atoms with Crippen molar-refractivity contribution in [1.29, 1.82) is 0 Å². The van der Waals surface area contributed by atoms with Crippen LogP contribution in [-0.4, -0.2) is 11.8 Å². The lowest BCUT2D eigenvalue weighted by molar-refractivity contribution is -0.123. The lowest BCUT2D eigenvalue weighted by atomic mass is 9.95. The number of anilines is 1. The van der Waals surface area contributed by atoms with E-state index in [1.807, 2.05) is 62.4 Å². The van der Waals surface area contributed by atoms with Crippen molar-refractivity contribution < 1.29 is 9.59 Å². The van der Waals surface area contributed by atoms with Crippen LogP contribution >= 0.6 is 11.6 Å². The minimum absolute atomic E-state index is 0.0109. The van der Waals surface area contributed by atoms with Gasteiger partial charge in [0, 0.05) is 23.2 Å². The molecule has 2 amide bonds. The maximum atomic E-state index is 12.7. The zero-order valence-corrected chi connectivity index (χ0v) is 15.8. The van der Waals surface area contributed by atoms with Gasteiger partial charge in [0.25, 0.3) is 0 Å². The van der Waals surface area contributed by atoms with Crippen molar-refractivity contribution in [2.75, 3.05) is 5.32 Å². The van der Waals surface area contributed by atoms with E-state index >= 15 is 0 Å². The molecule has 1 aliphatic rings. The number of halogens is 1. The Balaban J connectivity index is 1.59. The predicted molar refractivity (Wildman–Crippen MR) is 104 cm³/mol. The summed E-state index contributed by atoms with van der Waals surface area (Å²) in [4.78, 5) is 24.4. The summed E-state index contributed by atoms with van der Waals surface area (Å²) in [5.41, 5.74) is 2.30. The maximum Gasteiger partial charge on any atom is 0.230 e. The summed E-state index contributed by atoms with van der Waals surface area (Å²) in [6, 6.07) is 15.1. The number of amides is 2. The average Bonchev–Trinajstić information content (AvgIpc) is 3.43. The Bertz CT molecular complexity index is 811. The highest BCUT2D eigenvalue weighted by Gasteiger charge is 2.51. The number of benzene rings is 2. The van der Waals surface area contributed by atoms with Gasteiger partial charge in [0.2, 0.25) is 11.8 Å². The fourth-order valence-corrected chi connectivity index (χ4v) is 3.09. The molecule has 0 saturated heterocycles. The molecule has 0 radical (unpaired) electrons. The highest BCUT2D eigenvalue weighted by Crippen LogP contribution is 2.48. The smallest absolute Gasteiger partial charge is 0.230 e. The normalized spacial score (nSPS) is 14.8. The van der Waals surface area contributed by atoms with Crippen molar-refractivity contribution in [3.05, 3.63) is 64.7 Å². The molecule has 0 unspecified atom stereocenters. The van der Waals surface area contributed by atoms with Crippen molar-refractivity contribution in [3.8, 4) is 0 Å². The largest absolute Gasteiger partial charge is 0.351 e. The zero-order chi connectivity index (χ0) is 18.7. The first-order valence-electron chi connectivity index (χ1n) is 8.85. The second-order valence-electron chi connectivity index (χ2n) is 7.12. The van der Waals surface area contributed by atoms with Gasteiger partial charge in [0.15, 0.2) is 0 Å². The summed E-state index contributed by atoms with van der Waals surface area (Å²) in [6.45, 7) is 4.17. The standard InChI is InChI=1S/C21H23ClN2O2/c1-14(2)19(25)24-18-8-6-15(7-9-18)13-23-20(26)21(10-11-21)16-4-3-5-17(22)12-16/h3-9,12,14H,10-11,13H2,1-2H3,(H,23,26)(H,24,25). The third-order valence-corrected chi connectivity index (χ3v) is 5.00. The van der Waals surface area contributed by atoms with Gasteiger partial charge in [-0.25, -0.2) is 0 Å². The molecule has 2 aromatic rings. The van der Waals surface area contributed by atoms with E-state index in [-0.39, 0.29) is 17.7 Å². The quantitative estimate of drug-likeness (QED) is 0.797. The summed E-state index contributed by atoms with van der Waals surface area (Å²) in [7, 11) is 0. The number of nitrogens with one attached hydrogen (secondary N) is 2. The molecule has 0 bridgehead atoms. The minimum Gasteiger partial charge on any atom is -0.351 e. The van der Waals surface area contributed by atoms with E-state index in [1.54, 1.807) is 0 Å². The number of carbonyl (C=O) groups is 2. The van der Waals surface area contributed by atoms with Crippen LogP contribution in [-0.2, 0) is 21.5 Å². The number of hydrogen-bond acceptors (Lipinski definition) is 2. The molecule has 136 valence electrons. The molecule has 0 spiro atoms. The Morgan fingerprint density at radius 1 is 1.12 bits per heavy atom. The van der Waals surface area contributed by atoms with Gasteiger partial charge < -0.3 is 10.6 Å². The molecule has 1 saturated carbocycles. The average molecular weight is 371 g/mol. The maximum absolute atomic E-state index is 12.7. The van der Waals surface area contributed by atoms with E-state index in [0.29, 0.717) is 11.6 Å². The third-order valence-electron chi connectivity index (χ3n) is 4.76. The molecule has 1 aliphatic carbocycles. The number of carbonyl (C=O) groups excluding carboxylic acids is 2. The Labute approximate surface area is 158 Å². The first-order valence-corrected chi connectivity index (χ1v) is 9.23. The molecule has 0 aromatic heterocycles. The van der Waals surface area contributed by atoms with Crippen molar-refractivity contribution in [3.63, 3.8) is 0 Å². The van der Waals surface area contributed by atoms with Gasteiger partial charge in [-0.2, -0.15) is 0 Å². The topological polar surface area (TPSA) is 58.2 Å². The van der Waals surface area contributed by atoms with Gasteiger partial charge in [-0.15, -0.1) is 0 Å². The van der Waals surface area contributed by atoms with E-state index in [4.69, 9.17) is 11.6 Å². The van der Waals surface area contributed by atoms with Crippen LogP contribution in [0.15, 0.2) is 48.5 Å². The Hall–Kier alpha value is -2.33. The predicted octanol–water partition coefficient (Wildman–Crippen LogP) is 4.28. The van der Waals surface area contributed by atoms with E-state index in [9.17, 15) is 9.59 Å². The molecule has 26 heavy (non-hydrogen) atoms. The molecule has 0 aliphatic heterocycles. The van der Waals surface area contributed by atoms with Gasteiger partial charge in [-0.1, -0.05) is 49.7 Å². The van der Waals surface area contributed by atoms with Crippen LogP contribution in [0.1, 0.15) is 37.8 Å². The lowest BCUT2D eigenvalue weighted by Gasteiger charge is -2.16. The van der Waals surface area contributed by atoms with Gasteiger partial charge >= 0.3 is 0 Å². The first-order chi connectivity index (χ1) is 12.4.